The van der Waals surface area contributed by atoms with Gasteiger partial charge in [0.2, 0.25) is 0 Å². The Labute approximate surface area is 116 Å². The number of rotatable bonds is 5. The van der Waals surface area contributed by atoms with Crippen molar-refractivity contribution < 1.29 is 13.9 Å². The second-order valence-electron chi connectivity index (χ2n) is 5.21. The van der Waals surface area contributed by atoms with Crippen LogP contribution in [0, 0.1) is 17.6 Å². The van der Waals surface area contributed by atoms with E-state index in [-0.39, 0.29) is 17.5 Å². The number of hydrogen-bond donors (Lipinski definition) is 2. The van der Waals surface area contributed by atoms with E-state index in [1.165, 1.54) is 12.3 Å². The van der Waals surface area contributed by atoms with Crippen LogP contribution in [0.15, 0.2) is 24.4 Å². The number of aliphatic hydroxyl groups is 1. The first-order valence-electron chi connectivity index (χ1n) is 6.63. The van der Waals surface area contributed by atoms with Crippen LogP contribution in [0.5, 0.6) is 0 Å². The van der Waals surface area contributed by atoms with Gasteiger partial charge in [-0.15, -0.1) is 0 Å². The molecule has 0 radical (unpaired) electrons. The van der Waals surface area contributed by atoms with Gasteiger partial charge in [-0.2, -0.15) is 0 Å². The molecule has 2 aromatic rings. The second kappa shape index (κ2) is 6.13. The molecule has 1 heterocycles. The van der Waals surface area contributed by atoms with E-state index in [1.807, 2.05) is 6.92 Å². The molecule has 5 heteroatoms. The third-order valence-corrected chi connectivity index (χ3v) is 3.15. The van der Waals surface area contributed by atoms with E-state index in [0.29, 0.717) is 24.0 Å². The van der Waals surface area contributed by atoms with E-state index in [4.69, 9.17) is 0 Å². The fraction of sp³-hybridized carbons (Fsp3) is 0.400. The lowest BCUT2D eigenvalue weighted by atomic mass is 10.0. The van der Waals surface area contributed by atoms with Crippen LogP contribution < -0.4 is 5.32 Å². The molecule has 0 amide bonds. The van der Waals surface area contributed by atoms with Gasteiger partial charge in [0.25, 0.3) is 0 Å². The number of nitrogens with one attached hydrogen (secondary N) is 1. The summed E-state index contributed by atoms with van der Waals surface area (Å²) in [4.78, 5) is 3.94. The van der Waals surface area contributed by atoms with E-state index in [2.05, 4.69) is 10.3 Å². The van der Waals surface area contributed by atoms with Crippen LogP contribution in [0.4, 0.5) is 14.5 Å². The Balaban J connectivity index is 2.22. The number of aromatic nitrogens is 1. The molecule has 0 saturated carbocycles. The van der Waals surface area contributed by atoms with Gasteiger partial charge in [0.05, 0.1) is 6.10 Å². The summed E-state index contributed by atoms with van der Waals surface area (Å²) in [5.74, 6) is -1.04. The minimum Gasteiger partial charge on any atom is -0.393 e. The maximum absolute atomic E-state index is 13.6. The maximum Gasteiger partial charge on any atom is 0.152 e. The monoisotopic (exact) mass is 280 g/mol. The molecule has 0 aliphatic heterocycles. The first-order valence-corrected chi connectivity index (χ1v) is 6.63. The summed E-state index contributed by atoms with van der Waals surface area (Å²) in [5, 5.41) is 12.9. The largest absolute Gasteiger partial charge is 0.393 e. The standard InChI is InChI=1S/C15H18F2N2O/c1-9(5-10(2)20)8-19-14-3-4-18-15-12(14)6-11(16)7-13(15)17/h3-4,6-7,9-10,20H,5,8H2,1-2H3,(H,18,19). The zero-order valence-electron chi connectivity index (χ0n) is 11.5. The molecule has 0 spiro atoms. The summed E-state index contributed by atoms with van der Waals surface area (Å²) >= 11 is 0. The average molecular weight is 280 g/mol. The van der Waals surface area contributed by atoms with Gasteiger partial charge in [-0.05, 0) is 31.4 Å². The van der Waals surface area contributed by atoms with Gasteiger partial charge < -0.3 is 10.4 Å². The van der Waals surface area contributed by atoms with Gasteiger partial charge in [-0.1, -0.05) is 6.92 Å². The molecule has 2 N–H and O–H groups in total. The molecule has 0 aliphatic carbocycles. The van der Waals surface area contributed by atoms with Crippen LogP contribution >= 0.6 is 0 Å². The Morgan fingerprint density at radius 3 is 2.75 bits per heavy atom. The van der Waals surface area contributed by atoms with Crippen molar-refractivity contribution in [1.29, 1.82) is 0 Å². The van der Waals surface area contributed by atoms with Gasteiger partial charge in [0.15, 0.2) is 5.82 Å². The number of nitrogens with zero attached hydrogens (tertiary/aromatic N) is 1. The van der Waals surface area contributed by atoms with Crippen molar-refractivity contribution in [2.24, 2.45) is 5.92 Å². The van der Waals surface area contributed by atoms with Gasteiger partial charge in [-0.3, -0.25) is 4.98 Å². The molecule has 2 rings (SSSR count). The van der Waals surface area contributed by atoms with E-state index in [9.17, 15) is 13.9 Å². The molecule has 20 heavy (non-hydrogen) atoms. The summed E-state index contributed by atoms with van der Waals surface area (Å²) in [7, 11) is 0. The number of halogens is 2. The number of fused-ring (bicyclic) bond motifs is 1. The van der Waals surface area contributed by atoms with Crippen molar-refractivity contribution >= 4 is 16.6 Å². The number of benzene rings is 1. The van der Waals surface area contributed by atoms with Crippen molar-refractivity contribution in [3.05, 3.63) is 36.0 Å². The number of anilines is 1. The molecule has 0 fully saturated rings. The molecule has 1 aromatic heterocycles. The average Bonchev–Trinajstić information content (AvgIpc) is 2.35. The fourth-order valence-corrected chi connectivity index (χ4v) is 2.28. The quantitative estimate of drug-likeness (QED) is 0.883. The summed E-state index contributed by atoms with van der Waals surface area (Å²) in [6.45, 7) is 4.36. The first kappa shape index (κ1) is 14.7. The lowest BCUT2D eigenvalue weighted by Gasteiger charge is -2.16. The van der Waals surface area contributed by atoms with Crippen molar-refractivity contribution in [3.8, 4) is 0 Å². The van der Waals surface area contributed by atoms with E-state index >= 15 is 0 Å². The van der Waals surface area contributed by atoms with Gasteiger partial charge in [0.1, 0.15) is 11.3 Å². The van der Waals surface area contributed by atoms with Crippen molar-refractivity contribution in [3.63, 3.8) is 0 Å². The van der Waals surface area contributed by atoms with Crippen molar-refractivity contribution in [2.45, 2.75) is 26.4 Å². The molecule has 0 bridgehead atoms. The first-order chi connectivity index (χ1) is 9.47. The lowest BCUT2D eigenvalue weighted by Crippen LogP contribution is -2.16. The minimum absolute atomic E-state index is 0.152. The highest BCUT2D eigenvalue weighted by Crippen LogP contribution is 2.25. The summed E-state index contributed by atoms with van der Waals surface area (Å²) in [5.41, 5.74) is 0.797. The summed E-state index contributed by atoms with van der Waals surface area (Å²) < 4.78 is 27.0. The highest BCUT2D eigenvalue weighted by atomic mass is 19.1. The van der Waals surface area contributed by atoms with E-state index < -0.39 is 11.6 Å². The van der Waals surface area contributed by atoms with Crippen LogP contribution in [0.25, 0.3) is 10.9 Å². The summed E-state index contributed by atoms with van der Waals surface area (Å²) in [6.07, 6.45) is 1.79. The van der Waals surface area contributed by atoms with Crippen molar-refractivity contribution in [1.82, 2.24) is 4.98 Å². The van der Waals surface area contributed by atoms with Crippen LogP contribution in [-0.2, 0) is 0 Å². The lowest BCUT2D eigenvalue weighted by molar-refractivity contribution is 0.166. The fourth-order valence-electron chi connectivity index (χ4n) is 2.28. The zero-order chi connectivity index (χ0) is 14.7. The van der Waals surface area contributed by atoms with Crippen LogP contribution in [0.3, 0.4) is 0 Å². The third kappa shape index (κ3) is 3.42. The molecule has 3 nitrogen and oxygen atoms in total. The SMILES string of the molecule is CC(O)CC(C)CNc1ccnc2c(F)cc(F)cc12. The van der Waals surface area contributed by atoms with Crippen molar-refractivity contribution in [2.75, 3.05) is 11.9 Å². The number of pyridine rings is 1. The predicted molar refractivity (Wildman–Crippen MR) is 75.6 cm³/mol. The molecule has 108 valence electrons. The minimum atomic E-state index is -0.666. The van der Waals surface area contributed by atoms with Crippen LogP contribution in [-0.4, -0.2) is 22.7 Å². The highest BCUT2D eigenvalue weighted by Gasteiger charge is 2.11. The van der Waals surface area contributed by atoms with Gasteiger partial charge in [0, 0.05) is 29.9 Å². The third-order valence-electron chi connectivity index (χ3n) is 3.15. The van der Waals surface area contributed by atoms with Gasteiger partial charge in [-0.25, -0.2) is 8.78 Å². The maximum atomic E-state index is 13.6. The molecule has 0 saturated heterocycles. The molecule has 2 atom stereocenters. The Hall–Kier alpha value is -1.75. The van der Waals surface area contributed by atoms with Gasteiger partial charge >= 0.3 is 0 Å². The van der Waals surface area contributed by atoms with Crippen LogP contribution in [0.2, 0.25) is 0 Å². The number of hydrogen-bond acceptors (Lipinski definition) is 3. The molecule has 2 unspecified atom stereocenters. The second-order valence-corrected chi connectivity index (χ2v) is 5.21. The highest BCUT2D eigenvalue weighted by molar-refractivity contribution is 5.91. The number of aliphatic hydroxyl groups excluding tert-OH is 1. The van der Waals surface area contributed by atoms with E-state index in [1.54, 1.807) is 13.0 Å². The molecular weight excluding hydrogens is 262 g/mol. The molecule has 0 aliphatic rings. The zero-order valence-corrected chi connectivity index (χ0v) is 11.5. The normalized spacial score (nSPS) is 14.2. The molecule has 1 aromatic carbocycles. The topological polar surface area (TPSA) is 45.1 Å². The smallest absolute Gasteiger partial charge is 0.152 e. The predicted octanol–water partition coefficient (Wildman–Crippen LogP) is 3.33. The molecular formula is C15H18F2N2O. The Bertz CT molecular complexity index is 602. The summed E-state index contributed by atoms with van der Waals surface area (Å²) in [6, 6.07) is 3.79. The van der Waals surface area contributed by atoms with E-state index in [0.717, 1.165) is 6.07 Å². The Morgan fingerprint density at radius 1 is 1.30 bits per heavy atom. The Morgan fingerprint density at radius 2 is 2.05 bits per heavy atom. The van der Waals surface area contributed by atoms with Crippen LogP contribution in [0.1, 0.15) is 20.3 Å². The Kier molecular flexibility index (Phi) is 4.49.